The first-order valence-corrected chi connectivity index (χ1v) is 10.4. The Bertz CT molecular complexity index is 852. The first-order valence-electron chi connectivity index (χ1n) is 8.92. The van der Waals surface area contributed by atoms with E-state index in [4.69, 9.17) is 0 Å². The number of nitrogens with one attached hydrogen (secondary N) is 1. The van der Waals surface area contributed by atoms with Crippen LogP contribution in [0.25, 0.3) is 0 Å². The third-order valence-corrected chi connectivity index (χ3v) is 6.96. The molecule has 3 heterocycles. The molecule has 0 radical (unpaired) electrons. The van der Waals surface area contributed by atoms with Gasteiger partial charge in [0.15, 0.2) is 14.9 Å². The SMILES string of the molecule is CC(C)(C)S(=O)(=O)c1ccc(NCc2ccnc(N3CCCC3)c2)cn1. The van der Waals surface area contributed by atoms with Gasteiger partial charge >= 0.3 is 0 Å². The number of sulfone groups is 1. The highest BCUT2D eigenvalue weighted by Gasteiger charge is 2.31. The van der Waals surface area contributed by atoms with E-state index in [1.165, 1.54) is 12.8 Å². The maximum atomic E-state index is 12.4. The molecule has 0 amide bonds. The van der Waals surface area contributed by atoms with Crippen molar-refractivity contribution < 1.29 is 8.42 Å². The summed E-state index contributed by atoms with van der Waals surface area (Å²) >= 11 is 0. The summed E-state index contributed by atoms with van der Waals surface area (Å²) in [6.45, 7) is 7.80. The average molecular weight is 375 g/mol. The second-order valence-electron chi connectivity index (χ2n) is 7.57. The summed E-state index contributed by atoms with van der Waals surface area (Å²) in [7, 11) is -3.43. The summed E-state index contributed by atoms with van der Waals surface area (Å²) in [5.41, 5.74) is 1.92. The molecule has 6 nitrogen and oxygen atoms in total. The molecular formula is C19H26N4O2S. The van der Waals surface area contributed by atoms with Crippen molar-refractivity contribution in [2.75, 3.05) is 23.3 Å². The number of hydrogen-bond donors (Lipinski definition) is 1. The van der Waals surface area contributed by atoms with Gasteiger partial charge in [-0.25, -0.2) is 18.4 Å². The number of pyridine rings is 2. The van der Waals surface area contributed by atoms with E-state index in [1.54, 1.807) is 39.1 Å². The zero-order valence-corrected chi connectivity index (χ0v) is 16.4. The summed E-state index contributed by atoms with van der Waals surface area (Å²) in [6.07, 6.45) is 5.85. The van der Waals surface area contributed by atoms with Crippen LogP contribution in [0.2, 0.25) is 0 Å². The van der Waals surface area contributed by atoms with E-state index < -0.39 is 14.6 Å². The second-order valence-corrected chi connectivity index (χ2v) is 10.2. The lowest BCUT2D eigenvalue weighted by Gasteiger charge is -2.18. The Morgan fingerprint density at radius 1 is 1.12 bits per heavy atom. The predicted octanol–water partition coefficient (Wildman–Crippen LogP) is 3.26. The van der Waals surface area contributed by atoms with Crippen LogP contribution in [0.4, 0.5) is 11.5 Å². The second kappa shape index (κ2) is 7.23. The van der Waals surface area contributed by atoms with Crippen LogP contribution < -0.4 is 10.2 Å². The molecule has 140 valence electrons. The maximum Gasteiger partial charge on any atom is 0.200 e. The molecule has 1 N–H and O–H groups in total. The molecule has 3 rings (SSSR count). The van der Waals surface area contributed by atoms with E-state index in [0.717, 1.165) is 30.2 Å². The number of anilines is 2. The lowest BCUT2D eigenvalue weighted by atomic mass is 10.2. The van der Waals surface area contributed by atoms with Gasteiger partial charge in [0.25, 0.3) is 0 Å². The average Bonchev–Trinajstić information content (AvgIpc) is 3.14. The van der Waals surface area contributed by atoms with Crippen LogP contribution in [-0.4, -0.2) is 36.2 Å². The third kappa shape index (κ3) is 3.98. The number of hydrogen-bond acceptors (Lipinski definition) is 6. The van der Waals surface area contributed by atoms with Crippen LogP contribution >= 0.6 is 0 Å². The van der Waals surface area contributed by atoms with E-state index >= 15 is 0 Å². The molecule has 0 spiro atoms. The molecule has 0 aromatic carbocycles. The van der Waals surface area contributed by atoms with Crippen LogP contribution in [0.3, 0.4) is 0 Å². The highest BCUT2D eigenvalue weighted by molar-refractivity contribution is 7.92. The zero-order chi connectivity index (χ0) is 18.8. The number of aromatic nitrogens is 2. The summed E-state index contributed by atoms with van der Waals surface area (Å²) in [5, 5.41) is 3.40. The van der Waals surface area contributed by atoms with Crippen molar-refractivity contribution in [3.05, 3.63) is 42.2 Å². The van der Waals surface area contributed by atoms with Crippen molar-refractivity contribution in [2.24, 2.45) is 0 Å². The first kappa shape index (κ1) is 18.6. The van der Waals surface area contributed by atoms with Crippen molar-refractivity contribution >= 4 is 21.3 Å². The Balaban J connectivity index is 1.66. The molecule has 1 aliphatic rings. The minimum Gasteiger partial charge on any atom is -0.380 e. The predicted molar refractivity (Wildman–Crippen MR) is 104 cm³/mol. The minimum absolute atomic E-state index is 0.107. The fourth-order valence-electron chi connectivity index (χ4n) is 2.85. The first-order chi connectivity index (χ1) is 12.3. The largest absolute Gasteiger partial charge is 0.380 e. The molecular weight excluding hydrogens is 348 g/mol. The van der Waals surface area contributed by atoms with Gasteiger partial charge in [-0.15, -0.1) is 0 Å². The topological polar surface area (TPSA) is 75.2 Å². The Hall–Kier alpha value is -2.15. The Morgan fingerprint density at radius 3 is 2.46 bits per heavy atom. The normalized spacial score (nSPS) is 15.3. The Morgan fingerprint density at radius 2 is 1.85 bits per heavy atom. The van der Waals surface area contributed by atoms with Gasteiger partial charge in [0.1, 0.15) is 5.82 Å². The summed E-state index contributed by atoms with van der Waals surface area (Å²) in [4.78, 5) is 10.9. The van der Waals surface area contributed by atoms with Crippen molar-refractivity contribution in [1.82, 2.24) is 9.97 Å². The van der Waals surface area contributed by atoms with Gasteiger partial charge in [-0.3, -0.25) is 0 Å². The van der Waals surface area contributed by atoms with Gasteiger partial charge in [-0.2, -0.15) is 0 Å². The summed E-state index contributed by atoms with van der Waals surface area (Å²) < 4.78 is 24.0. The standard InChI is InChI=1S/C19H26N4O2S/c1-19(2,3)26(24,25)18-7-6-16(14-22-18)21-13-15-8-9-20-17(12-15)23-10-4-5-11-23/h6-9,12,14,21H,4-5,10-11,13H2,1-3H3. The molecule has 0 atom stereocenters. The molecule has 0 aliphatic carbocycles. The number of nitrogens with zero attached hydrogens (tertiary/aromatic N) is 3. The van der Waals surface area contributed by atoms with E-state index in [9.17, 15) is 8.42 Å². The highest BCUT2D eigenvalue weighted by Crippen LogP contribution is 2.24. The van der Waals surface area contributed by atoms with Gasteiger partial charge in [-0.1, -0.05) is 0 Å². The third-order valence-electron chi connectivity index (χ3n) is 4.55. The van der Waals surface area contributed by atoms with Crippen LogP contribution in [0.15, 0.2) is 41.7 Å². The molecule has 2 aromatic heterocycles. The zero-order valence-electron chi connectivity index (χ0n) is 15.6. The van der Waals surface area contributed by atoms with Crippen LogP contribution in [0.5, 0.6) is 0 Å². The summed E-state index contributed by atoms with van der Waals surface area (Å²) in [6, 6.07) is 7.40. The van der Waals surface area contributed by atoms with Gasteiger partial charge in [-0.05, 0) is 63.4 Å². The lowest BCUT2D eigenvalue weighted by Crippen LogP contribution is -2.28. The van der Waals surface area contributed by atoms with E-state index in [0.29, 0.717) is 6.54 Å². The van der Waals surface area contributed by atoms with Crippen molar-refractivity contribution in [3.8, 4) is 0 Å². The van der Waals surface area contributed by atoms with Crippen molar-refractivity contribution in [2.45, 2.75) is 49.9 Å². The molecule has 1 fully saturated rings. The fraction of sp³-hybridized carbons (Fsp3) is 0.474. The van der Waals surface area contributed by atoms with Gasteiger partial charge < -0.3 is 10.2 Å². The van der Waals surface area contributed by atoms with Gasteiger partial charge in [0, 0.05) is 25.8 Å². The number of rotatable bonds is 5. The van der Waals surface area contributed by atoms with Crippen LogP contribution in [0, 0.1) is 0 Å². The fourth-order valence-corrected chi connectivity index (χ4v) is 3.92. The molecule has 7 heteroatoms. The van der Waals surface area contributed by atoms with Crippen LogP contribution in [0.1, 0.15) is 39.2 Å². The van der Waals surface area contributed by atoms with Crippen molar-refractivity contribution in [1.29, 1.82) is 0 Å². The Labute approximate surface area is 155 Å². The van der Waals surface area contributed by atoms with E-state index in [1.807, 2.05) is 12.3 Å². The Kier molecular flexibility index (Phi) is 5.18. The lowest BCUT2D eigenvalue weighted by molar-refractivity contribution is 0.556. The quantitative estimate of drug-likeness (QED) is 0.866. The molecule has 0 bridgehead atoms. The smallest absolute Gasteiger partial charge is 0.200 e. The molecule has 0 saturated carbocycles. The molecule has 2 aromatic rings. The molecule has 1 aliphatic heterocycles. The van der Waals surface area contributed by atoms with E-state index in [-0.39, 0.29) is 5.03 Å². The summed E-state index contributed by atoms with van der Waals surface area (Å²) in [5.74, 6) is 1.02. The maximum absolute atomic E-state index is 12.4. The monoisotopic (exact) mass is 374 g/mol. The molecule has 26 heavy (non-hydrogen) atoms. The molecule has 0 unspecified atom stereocenters. The minimum atomic E-state index is -3.43. The van der Waals surface area contributed by atoms with Crippen molar-refractivity contribution in [3.63, 3.8) is 0 Å². The molecule has 1 saturated heterocycles. The van der Waals surface area contributed by atoms with Gasteiger partial charge in [0.2, 0.25) is 0 Å². The van der Waals surface area contributed by atoms with E-state index in [2.05, 4.69) is 26.3 Å². The highest BCUT2D eigenvalue weighted by atomic mass is 32.2. The van der Waals surface area contributed by atoms with Crippen LogP contribution in [-0.2, 0) is 16.4 Å². The van der Waals surface area contributed by atoms with Gasteiger partial charge in [0.05, 0.1) is 16.6 Å².